The van der Waals surface area contributed by atoms with Crippen molar-refractivity contribution < 1.29 is 9.47 Å². The van der Waals surface area contributed by atoms with Gasteiger partial charge in [-0.3, -0.25) is 0 Å². The van der Waals surface area contributed by atoms with Crippen LogP contribution in [0.15, 0.2) is 48.5 Å². The van der Waals surface area contributed by atoms with Gasteiger partial charge < -0.3 is 9.47 Å². The molecule has 0 amide bonds. The van der Waals surface area contributed by atoms with E-state index in [2.05, 4.69) is 84.0 Å². The van der Waals surface area contributed by atoms with E-state index in [9.17, 15) is 0 Å². The van der Waals surface area contributed by atoms with Crippen molar-refractivity contribution in [2.75, 3.05) is 0 Å². The summed E-state index contributed by atoms with van der Waals surface area (Å²) < 4.78 is 12.2. The van der Waals surface area contributed by atoms with Gasteiger partial charge in [-0.15, -0.1) is 0 Å². The zero-order chi connectivity index (χ0) is 17.7. The van der Waals surface area contributed by atoms with Crippen molar-refractivity contribution in [2.24, 2.45) is 0 Å². The van der Waals surface area contributed by atoms with E-state index in [1.54, 1.807) is 0 Å². The molecule has 0 radical (unpaired) electrons. The third-order valence-electron chi connectivity index (χ3n) is 4.02. The lowest BCUT2D eigenvalue weighted by Crippen LogP contribution is -2.15. The molecule has 0 saturated heterocycles. The lowest BCUT2D eigenvalue weighted by Gasteiger charge is -2.26. The van der Waals surface area contributed by atoms with Crippen LogP contribution in [0, 0.1) is 0 Å². The van der Waals surface area contributed by atoms with Crippen LogP contribution in [0.1, 0.15) is 64.9 Å². The van der Waals surface area contributed by atoms with Crippen molar-refractivity contribution >= 4 is 0 Å². The zero-order valence-corrected chi connectivity index (χ0v) is 15.7. The van der Waals surface area contributed by atoms with E-state index in [0.29, 0.717) is 0 Å². The van der Waals surface area contributed by atoms with Crippen LogP contribution < -0.4 is 0 Å². The lowest BCUT2D eigenvalue weighted by molar-refractivity contribution is 0.00395. The summed E-state index contributed by atoms with van der Waals surface area (Å²) in [6.07, 6.45) is 0.407. The van der Waals surface area contributed by atoms with E-state index in [1.807, 2.05) is 6.07 Å². The van der Waals surface area contributed by atoms with E-state index in [4.69, 9.17) is 9.47 Å². The van der Waals surface area contributed by atoms with Crippen molar-refractivity contribution in [3.8, 4) is 11.1 Å². The second kappa shape index (κ2) is 8.46. The highest BCUT2D eigenvalue weighted by molar-refractivity contribution is 5.69. The minimum Gasteiger partial charge on any atom is -0.371 e. The van der Waals surface area contributed by atoms with Crippen molar-refractivity contribution in [3.05, 3.63) is 59.7 Å². The second-order valence-electron chi connectivity index (χ2n) is 6.83. The molecule has 2 atom stereocenters. The fraction of sp³-hybridized carbons (Fsp3) is 0.455. The van der Waals surface area contributed by atoms with Crippen LogP contribution in [-0.2, 0) is 9.47 Å². The van der Waals surface area contributed by atoms with Gasteiger partial charge in [0, 0.05) is 0 Å². The lowest BCUT2D eigenvalue weighted by atomic mass is 9.90. The topological polar surface area (TPSA) is 18.5 Å². The van der Waals surface area contributed by atoms with Crippen molar-refractivity contribution in [1.29, 1.82) is 0 Å². The predicted octanol–water partition coefficient (Wildman–Crippen LogP) is 6.33. The van der Waals surface area contributed by atoms with E-state index in [1.165, 1.54) is 22.3 Å². The fourth-order valence-corrected chi connectivity index (χ4v) is 3.22. The highest BCUT2D eigenvalue weighted by Crippen LogP contribution is 2.37. The molecule has 2 heteroatoms. The molecule has 2 aromatic carbocycles. The van der Waals surface area contributed by atoms with Gasteiger partial charge in [-0.1, -0.05) is 48.5 Å². The molecule has 2 rings (SSSR count). The Bertz CT molecular complexity index is 632. The van der Waals surface area contributed by atoms with Crippen molar-refractivity contribution in [3.63, 3.8) is 0 Å². The first-order chi connectivity index (χ1) is 11.4. The van der Waals surface area contributed by atoms with Crippen LogP contribution in [0.2, 0.25) is 0 Å². The normalized spacial score (nSPS) is 14.2. The van der Waals surface area contributed by atoms with Gasteiger partial charge in [-0.25, -0.2) is 0 Å². The monoisotopic (exact) mass is 326 g/mol. The number of rotatable bonds is 7. The quantitative estimate of drug-likeness (QED) is 0.592. The maximum atomic E-state index is 6.14. The summed E-state index contributed by atoms with van der Waals surface area (Å²) in [5, 5.41) is 0. The molecule has 0 heterocycles. The maximum Gasteiger partial charge on any atom is 0.0809 e. The van der Waals surface area contributed by atoms with Crippen LogP contribution >= 0.6 is 0 Å². The van der Waals surface area contributed by atoms with Crippen molar-refractivity contribution in [2.45, 2.75) is 66.0 Å². The number of benzene rings is 2. The third-order valence-corrected chi connectivity index (χ3v) is 4.02. The van der Waals surface area contributed by atoms with Gasteiger partial charge in [0.25, 0.3) is 0 Å². The Kier molecular flexibility index (Phi) is 6.59. The number of ether oxygens (including phenoxy) is 2. The summed E-state index contributed by atoms with van der Waals surface area (Å²) in [5.74, 6) is 0. The van der Waals surface area contributed by atoms with E-state index >= 15 is 0 Å². The molecule has 0 aromatic heterocycles. The largest absolute Gasteiger partial charge is 0.371 e. The van der Waals surface area contributed by atoms with Gasteiger partial charge in [0.15, 0.2) is 0 Å². The van der Waals surface area contributed by atoms with Gasteiger partial charge >= 0.3 is 0 Å². The van der Waals surface area contributed by atoms with E-state index < -0.39 is 0 Å². The highest BCUT2D eigenvalue weighted by Gasteiger charge is 2.22. The minimum atomic E-state index is 0.00891. The molecule has 0 N–H and O–H groups in total. The minimum absolute atomic E-state index is 0.00891. The first-order valence-corrected chi connectivity index (χ1v) is 8.89. The van der Waals surface area contributed by atoms with Gasteiger partial charge in [-0.2, -0.15) is 0 Å². The summed E-state index contributed by atoms with van der Waals surface area (Å²) in [5.41, 5.74) is 4.87. The molecule has 0 fully saturated rings. The molecule has 0 bridgehead atoms. The average Bonchev–Trinajstić information content (AvgIpc) is 2.53. The molecule has 0 aliphatic heterocycles. The summed E-state index contributed by atoms with van der Waals surface area (Å²) in [7, 11) is 0. The van der Waals surface area contributed by atoms with Crippen LogP contribution in [0.4, 0.5) is 0 Å². The molecule has 0 aliphatic rings. The molecule has 24 heavy (non-hydrogen) atoms. The highest BCUT2D eigenvalue weighted by atomic mass is 16.5. The number of hydrogen-bond acceptors (Lipinski definition) is 2. The molecule has 130 valence electrons. The Morgan fingerprint density at radius 1 is 0.625 bits per heavy atom. The molecule has 2 unspecified atom stereocenters. The second-order valence-corrected chi connectivity index (χ2v) is 6.83. The molecule has 2 nitrogen and oxygen atoms in total. The molecular formula is C22H30O2. The molecule has 0 saturated carbocycles. The summed E-state index contributed by atoms with van der Waals surface area (Å²) in [6.45, 7) is 12.6. The van der Waals surface area contributed by atoms with E-state index in [-0.39, 0.29) is 24.4 Å². The van der Waals surface area contributed by atoms with Crippen molar-refractivity contribution in [1.82, 2.24) is 0 Å². The predicted molar refractivity (Wildman–Crippen MR) is 101 cm³/mol. The summed E-state index contributed by atoms with van der Waals surface area (Å²) >= 11 is 0. The Labute approximate surface area is 146 Å². The Balaban J connectivity index is 2.54. The number of hydrogen-bond donors (Lipinski definition) is 0. The molecule has 0 aliphatic carbocycles. The Morgan fingerprint density at radius 3 is 1.79 bits per heavy atom. The van der Waals surface area contributed by atoms with Crippen LogP contribution in [0.5, 0.6) is 0 Å². The molecule has 0 spiro atoms. The summed E-state index contributed by atoms with van der Waals surface area (Å²) in [4.78, 5) is 0. The van der Waals surface area contributed by atoms with Gasteiger partial charge in [0.05, 0.1) is 24.4 Å². The standard InChI is InChI=1S/C22H30O2/c1-15(2)23-17(5)20-13-10-14-21(19-11-8-7-9-12-19)22(20)18(6)24-16(3)4/h7-18H,1-6H3. The van der Waals surface area contributed by atoms with Gasteiger partial charge in [-0.05, 0) is 63.8 Å². The molecule has 2 aromatic rings. The summed E-state index contributed by atoms with van der Waals surface area (Å²) in [6, 6.07) is 17.0. The molecular weight excluding hydrogens is 296 g/mol. The Morgan fingerprint density at radius 2 is 1.21 bits per heavy atom. The SMILES string of the molecule is CC(C)OC(C)c1cccc(-c2ccccc2)c1C(C)OC(C)C. The first-order valence-electron chi connectivity index (χ1n) is 8.89. The van der Waals surface area contributed by atoms with E-state index in [0.717, 1.165) is 0 Å². The van der Waals surface area contributed by atoms with Gasteiger partial charge in [0.1, 0.15) is 0 Å². The fourth-order valence-electron chi connectivity index (χ4n) is 3.22. The van der Waals surface area contributed by atoms with Crippen LogP contribution in [0.25, 0.3) is 11.1 Å². The zero-order valence-electron chi connectivity index (χ0n) is 15.7. The maximum absolute atomic E-state index is 6.14. The van der Waals surface area contributed by atoms with Gasteiger partial charge in [0.2, 0.25) is 0 Å². The first kappa shape index (κ1) is 18.7. The van der Waals surface area contributed by atoms with Crippen LogP contribution in [0.3, 0.4) is 0 Å². The smallest absolute Gasteiger partial charge is 0.0809 e. The van der Waals surface area contributed by atoms with Crippen LogP contribution in [-0.4, -0.2) is 12.2 Å². The Hall–Kier alpha value is -1.64. The third kappa shape index (κ3) is 4.68. The average molecular weight is 326 g/mol.